The molecule has 0 aliphatic carbocycles. The van der Waals surface area contributed by atoms with Crippen LogP contribution in [0, 0.1) is 0 Å². The van der Waals surface area contributed by atoms with E-state index in [-0.39, 0.29) is 5.78 Å². The first-order valence-corrected chi connectivity index (χ1v) is 5.66. The van der Waals surface area contributed by atoms with Gasteiger partial charge in [0.2, 0.25) is 0 Å². The van der Waals surface area contributed by atoms with E-state index in [1.165, 1.54) is 4.90 Å². The van der Waals surface area contributed by atoms with E-state index in [2.05, 4.69) is 6.92 Å². The predicted molar refractivity (Wildman–Crippen MR) is 62.0 cm³/mol. The molecule has 0 aliphatic heterocycles. The minimum atomic E-state index is 0.0700. The molecule has 0 atom stereocenters. The summed E-state index contributed by atoms with van der Waals surface area (Å²) >= 11 is 1.78. The number of hydrogen-bond acceptors (Lipinski definition) is 2. The van der Waals surface area contributed by atoms with Gasteiger partial charge in [0.05, 0.1) is 0 Å². The highest BCUT2D eigenvalue weighted by Gasteiger charge is 2.00. The largest absolute Gasteiger partial charge is 0.289 e. The summed E-state index contributed by atoms with van der Waals surface area (Å²) in [6, 6.07) is 7.73. The average molecular weight is 206 g/mol. The molecule has 14 heavy (non-hydrogen) atoms. The molecule has 0 spiro atoms. The molecule has 74 valence electrons. The van der Waals surface area contributed by atoms with Gasteiger partial charge >= 0.3 is 0 Å². The zero-order chi connectivity index (χ0) is 10.4. The van der Waals surface area contributed by atoms with Crippen LogP contribution in [0.15, 0.2) is 41.3 Å². The summed E-state index contributed by atoms with van der Waals surface area (Å²) < 4.78 is 0. The third kappa shape index (κ3) is 3.04. The lowest BCUT2D eigenvalue weighted by molar-refractivity contribution is 0.104. The van der Waals surface area contributed by atoms with Crippen LogP contribution < -0.4 is 0 Å². The molecule has 1 nitrogen and oxygen atoms in total. The Morgan fingerprint density at radius 1 is 1.36 bits per heavy atom. The van der Waals surface area contributed by atoms with Gasteiger partial charge in [-0.05, 0) is 43.0 Å². The average Bonchev–Trinajstić information content (AvgIpc) is 2.20. The molecule has 0 heterocycles. The Hall–Kier alpha value is -1.02. The molecule has 1 aromatic rings. The predicted octanol–water partition coefficient (Wildman–Crippen LogP) is 3.56. The number of carbonyl (C=O) groups excluding carboxylic acids is 1. The second kappa shape index (κ2) is 5.66. The molecule has 0 fully saturated rings. The first kappa shape index (κ1) is 11.1. The van der Waals surface area contributed by atoms with Gasteiger partial charge in [0.15, 0.2) is 5.78 Å². The van der Waals surface area contributed by atoms with Gasteiger partial charge in [-0.1, -0.05) is 13.0 Å². The van der Waals surface area contributed by atoms with Gasteiger partial charge in [0.25, 0.3) is 0 Å². The van der Waals surface area contributed by atoms with Crippen molar-refractivity contribution in [3.63, 3.8) is 0 Å². The summed E-state index contributed by atoms with van der Waals surface area (Å²) in [4.78, 5) is 12.6. The fourth-order valence-corrected chi connectivity index (χ4v) is 1.79. The second-order valence-corrected chi connectivity index (χ2v) is 4.16. The van der Waals surface area contributed by atoms with E-state index in [9.17, 15) is 4.79 Å². The quantitative estimate of drug-likeness (QED) is 0.425. The minimum Gasteiger partial charge on any atom is -0.289 e. The van der Waals surface area contributed by atoms with Crippen molar-refractivity contribution < 1.29 is 4.79 Å². The Bertz CT molecular complexity index is 325. The number of allylic oxidation sites excluding steroid dienone is 2. The number of carbonyl (C=O) groups is 1. The normalized spacial score (nSPS) is 10.7. The van der Waals surface area contributed by atoms with Crippen molar-refractivity contribution >= 4 is 17.5 Å². The Balaban J connectivity index is 2.77. The Kier molecular flexibility index (Phi) is 4.47. The van der Waals surface area contributed by atoms with E-state index >= 15 is 0 Å². The minimum absolute atomic E-state index is 0.0700. The van der Waals surface area contributed by atoms with E-state index in [4.69, 9.17) is 0 Å². The number of rotatable bonds is 4. The SMILES string of the molecule is CC=CC(=O)c1ccc(SCC)cc1. The van der Waals surface area contributed by atoms with Gasteiger partial charge in [-0.15, -0.1) is 11.8 Å². The lowest BCUT2D eigenvalue weighted by Crippen LogP contribution is -1.92. The van der Waals surface area contributed by atoms with Crippen molar-refractivity contribution in [1.29, 1.82) is 0 Å². The number of benzene rings is 1. The molecule has 0 unspecified atom stereocenters. The van der Waals surface area contributed by atoms with Gasteiger partial charge in [-0.25, -0.2) is 0 Å². The van der Waals surface area contributed by atoms with Crippen LogP contribution in [-0.4, -0.2) is 11.5 Å². The number of hydrogen-bond donors (Lipinski definition) is 0. The Labute approximate surface area is 89.2 Å². The lowest BCUT2D eigenvalue weighted by Gasteiger charge is -1.99. The maximum absolute atomic E-state index is 11.4. The van der Waals surface area contributed by atoms with E-state index < -0.39 is 0 Å². The van der Waals surface area contributed by atoms with Crippen molar-refractivity contribution in [2.75, 3.05) is 5.75 Å². The fraction of sp³-hybridized carbons (Fsp3) is 0.250. The molecule has 0 saturated carbocycles. The van der Waals surface area contributed by atoms with Gasteiger partial charge < -0.3 is 0 Å². The maximum atomic E-state index is 11.4. The fourth-order valence-electron chi connectivity index (χ4n) is 1.13. The zero-order valence-corrected chi connectivity index (χ0v) is 9.30. The summed E-state index contributed by atoms with van der Waals surface area (Å²) in [7, 11) is 0. The second-order valence-electron chi connectivity index (χ2n) is 2.82. The van der Waals surface area contributed by atoms with E-state index in [1.54, 1.807) is 23.9 Å². The Morgan fingerprint density at radius 3 is 2.50 bits per heavy atom. The monoisotopic (exact) mass is 206 g/mol. The van der Waals surface area contributed by atoms with E-state index in [0.29, 0.717) is 0 Å². The van der Waals surface area contributed by atoms with Gasteiger partial charge in [0, 0.05) is 10.5 Å². The van der Waals surface area contributed by atoms with Crippen molar-refractivity contribution in [2.24, 2.45) is 0 Å². The highest BCUT2D eigenvalue weighted by Crippen LogP contribution is 2.17. The molecule has 0 N–H and O–H groups in total. The van der Waals surface area contributed by atoms with Crippen LogP contribution in [0.2, 0.25) is 0 Å². The third-order valence-electron chi connectivity index (χ3n) is 1.77. The van der Waals surface area contributed by atoms with Crippen LogP contribution in [-0.2, 0) is 0 Å². The standard InChI is InChI=1S/C12H14OS/c1-3-5-12(13)10-6-8-11(9-7-10)14-4-2/h3,5-9H,4H2,1-2H3. The molecule has 0 aromatic heterocycles. The van der Waals surface area contributed by atoms with Crippen LogP contribution in [0.1, 0.15) is 24.2 Å². The van der Waals surface area contributed by atoms with Crippen LogP contribution >= 0.6 is 11.8 Å². The van der Waals surface area contributed by atoms with Crippen molar-refractivity contribution in [2.45, 2.75) is 18.7 Å². The van der Waals surface area contributed by atoms with Crippen LogP contribution in [0.4, 0.5) is 0 Å². The van der Waals surface area contributed by atoms with Crippen LogP contribution in [0.3, 0.4) is 0 Å². The molecule has 0 bridgehead atoms. The first-order valence-electron chi connectivity index (χ1n) is 4.67. The molecule has 1 aromatic carbocycles. The van der Waals surface area contributed by atoms with Gasteiger partial charge in [0.1, 0.15) is 0 Å². The molecule has 0 amide bonds. The molecule has 0 aliphatic rings. The zero-order valence-electron chi connectivity index (χ0n) is 8.49. The molecule has 2 heteroatoms. The topological polar surface area (TPSA) is 17.1 Å². The van der Waals surface area contributed by atoms with Crippen molar-refractivity contribution in [3.05, 3.63) is 42.0 Å². The summed E-state index contributed by atoms with van der Waals surface area (Å²) in [6.45, 7) is 3.96. The lowest BCUT2D eigenvalue weighted by atomic mass is 10.1. The van der Waals surface area contributed by atoms with Crippen LogP contribution in [0.5, 0.6) is 0 Å². The number of thioether (sulfide) groups is 1. The highest BCUT2D eigenvalue weighted by atomic mass is 32.2. The van der Waals surface area contributed by atoms with Gasteiger partial charge in [-0.3, -0.25) is 4.79 Å². The van der Waals surface area contributed by atoms with Crippen molar-refractivity contribution in [3.8, 4) is 0 Å². The molecular weight excluding hydrogens is 192 g/mol. The maximum Gasteiger partial charge on any atom is 0.185 e. The van der Waals surface area contributed by atoms with Gasteiger partial charge in [-0.2, -0.15) is 0 Å². The summed E-state index contributed by atoms with van der Waals surface area (Å²) in [5, 5.41) is 0. The number of ketones is 1. The summed E-state index contributed by atoms with van der Waals surface area (Å²) in [5.74, 6) is 1.13. The van der Waals surface area contributed by atoms with E-state index in [0.717, 1.165) is 11.3 Å². The smallest absolute Gasteiger partial charge is 0.185 e. The van der Waals surface area contributed by atoms with E-state index in [1.807, 2.05) is 31.2 Å². The molecule has 1 rings (SSSR count). The Morgan fingerprint density at radius 2 is 2.00 bits per heavy atom. The van der Waals surface area contributed by atoms with Crippen LogP contribution in [0.25, 0.3) is 0 Å². The summed E-state index contributed by atoms with van der Waals surface area (Å²) in [6.07, 6.45) is 3.35. The third-order valence-corrected chi connectivity index (χ3v) is 2.66. The first-order chi connectivity index (χ1) is 6.77. The van der Waals surface area contributed by atoms with Crippen molar-refractivity contribution in [1.82, 2.24) is 0 Å². The molecule has 0 radical (unpaired) electrons. The summed E-state index contributed by atoms with van der Waals surface area (Å²) in [5.41, 5.74) is 0.753. The molecular formula is C12H14OS. The molecule has 0 saturated heterocycles. The highest BCUT2D eigenvalue weighted by molar-refractivity contribution is 7.99.